The van der Waals surface area contributed by atoms with Crippen LogP contribution in [0.3, 0.4) is 0 Å². The zero-order valence-electron chi connectivity index (χ0n) is 14.5. The van der Waals surface area contributed by atoms with Crippen molar-refractivity contribution in [3.05, 3.63) is 60.4 Å². The van der Waals surface area contributed by atoms with Crippen LogP contribution in [0, 0.1) is 5.82 Å². The average Bonchev–Trinajstić information content (AvgIpc) is 2.68. The zero-order valence-corrected chi connectivity index (χ0v) is 14.5. The molecule has 128 valence electrons. The van der Waals surface area contributed by atoms with Gasteiger partial charge in [-0.2, -0.15) is 0 Å². The number of pyridine rings is 1. The molecule has 1 aliphatic rings. The number of fused-ring (bicyclic) bond motifs is 1. The maximum Gasteiger partial charge on any atom is 0.129 e. The van der Waals surface area contributed by atoms with E-state index in [-0.39, 0.29) is 5.82 Å². The minimum Gasteiger partial charge on any atom is -0.354 e. The summed E-state index contributed by atoms with van der Waals surface area (Å²) in [5, 5.41) is 1.10. The summed E-state index contributed by atoms with van der Waals surface area (Å²) >= 11 is 0. The molecule has 1 aromatic heterocycles. The Kier molecular flexibility index (Phi) is 4.36. The van der Waals surface area contributed by atoms with Gasteiger partial charge in [-0.3, -0.25) is 0 Å². The molecule has 0 saturated carbocycles. The van der Waals surface area contributed by atoms with Gasteiger partial charge in [-0.05, 0) is 41.9 Å². The lowest BCUT2D eigenvalue weighted by Crippen LogP contribution is -2.46. The first-order valence-corrected chi connectivity index (χ1v) is 8.87. The predicted molar refractivity (Wildman–Crippen MR) is 101 cm³/mol. The molecule has 2 aromatic carbocycles. The number of hydrogen-bond donors (Lipinski definition) is 0. The molecule has 3 nitrogen and oxygen atoms in total. The first kappa shape index (κ1) is 16.0. The standard InChI is InChI=1S/C21H22FN3/c1-2-24-11-13-25(14-12-24)21-15-19(16-7-9-17(22)10-8-16)18-5-3-4-6-20(18)23-21/h3-10,15H,2,11-14H2,1H3. The summed E-state index contributed by atoms with van der Waals surface area (Å²) in [6.45, 7) is 7.41. The number of aromatic nitrogens is 1. The van der Waals surface area contributed by atoms with Crippen LogP contribution in [0.2, 0.25) is 0 Å². The van der Waals surface area contributed by atoms with Gasteiger partial charge in [-0.1, -0.05) is 37.3 Å². The van der Waals surface area contributed by atoms with Crippen molar-refractivity contribution in [1.29, 1.82) is 0 Å². The van der Waals surface area contributed by atoms with E-state index in [0.717, 1.165) is 60.6 Å². The Morgan fingerprint density at radius 2 is 1.68 bits per heavy atom. The third kappa shape index (κ3) is 3.22. The number of benzene rings is 2. The molecule has 0 N–H and O–H groups in total. The van der Waals surface area contributed by atoms with E-state index < -0.39 is 0 Å². The van der Waals surface area contributed by atoms with E-state index in [1.807, 2.05) is 30.3 Å². The second kappa shape index (κ2) is 6.81. The smallest absolute Gasteiger partial charge is 0.129 e. The van der Waals surface area contributed by atoms with Crippen LogP contribution in [0.15, 0.2) is 54.6 Å². The highest BCUT2D eigenvalue weighted by Crippen LogP contribution is 2.31. The Morgan fingerprint density at radius 1 is 0.960 bits per heavy atom. The molecule has 25 heavy (non-hydrogen) atoms. The summed E-state index contributed by atoms with van der Waals surface area (Å²) in [5.74, 6) is 0.798. The van der Waals surface area contributed by atoms with Crippen LogP contribution >= 0.6 is 0 Å². The van der Waals surface area contributed by atoms with E-state index >= 15 is 0 Å². The fourth-order valence-electron chi connectivity index (χ4n) is 3.48. The summed E-state index contributed by atoms with van der Waals surface area (Å²) in [5.41, 5.74) is 3.12. The maximum atomic E-state index is 13.3. The Hall–Kier alpha value is -2.46. The van der Waals surface area contributed by atoms with E-state index in [4.69, 9.17) is 4.98 Å². The van der Waals surface area contributed by atoms with Gasteiger partial charge < -0.3 is 9.80 Å². The van der Waals surface area contributed by atoms with Crippen LogP contribution in [0.25, 0.3) is 22.0 Å². The van der Waals surface area contributed by atoms with Crippen molar-refractivity contribution in [3.63, 3.8) is 0 Å². The number of anilines is 1. The lowest BCUT2D eigenvalue weighted by molar-refractivity contribution is 0.270. The lowest BCUT2D eigenvalue weighted by Gasteiger charge is -2.35. The third-order valence-electron chi connectivity index (χ3n) is 5.00. The molecule has 0 bridgehead atoms. The Balaban J connectivity index is 1.77. The Morgan fingerprint density at radius 3 is 2.40 bits per heavy atom. The van der Waals surface area contributed by atoms with Crippen molar-refractivity contribution in [2.24, 2.45) is 0 Å². The largest absolute Gasteiger partial charge is 0.354 e. The monoisotopic (exact) mass is 335 g/mol. The minimum absolute atomic E-state index is 0.210. The van der Waals surface area contributed by atoms with E-state index in [9.17, 15) is 4.39 Å². The Bertz CT molecular complexity index is 868. The molecule has 3 aromatic rings. The highest BCUT2D eigenvalue weighted by molar-refractivity contribution is 5.96. The molecule has 1 aliphatic heterocycles. The number of rotatable bonds is 3. The van der Waals surface area contributed by atoms with Crippen molar-refractivity contribution >= 4 is 16.7 Å². The first-order valence-electron chi connectivity index (χ1n) is 8.87. The number of piperazine rings is 1. The predicted octanol–water partition coefficient (Wildman–Crippen LogP) is 4.18. The van der Waals surface area contributed by atoms with Crippen LogP contribution in [-0.4, -0.2) is 42.6 Å². The molecular weight excluding hydrogens is 313 g/mol. The van der Waals surface area contributed by atoms with Crippen molar-refractivity contribution < 1.29 is 4.39 Å². The molecule has 0 aliphatic carbocycles. The van der Waals surface area contributed by atoms with Crippen LogP contribution < -0.4 is 4.90 Å². The number of nitrogens with zero attached hydrogens (tertiary/aromatic N) is 3. The molecule has 4 heteroatoms. The van der Waals surface area contributed by atoms with E-state index in [1.54, 1.807) is 0 Å². The maximum absolute atomic E-state index is 13.3. The number of halogens is 1. The van der Waals surface area contributed by atoms with Gasteiger partial charge in [0.1, 0.15) is 11.6 Å². The normalized spacial score (nSPS) is 15.7. The van der Waals surface area contributed by atoms with Gasteiger partial charge >= 0.3 is 0 Å². The van der Waals surface area contributed by atoms with Gasteiger partial charge in [0.05, 0.1) is 5.52 Å². The molecule has 4 rings (SSSR count). The van der Waals surface area contributed by atoms with Crippen LogP contribution in [0.1, 0.15) is 6.92 Å². The van der Waals surface area contributed by atoms with E-state index in [2.05, 4.69) is 28.9 Å². The number of para-hydroxylation sites is 1. The van der Waals surface area contributed by atoms with Gasteiger partial charge in [-0.25, -0.2) is 9.37 Å². The minimum atomic E-state index is -0.210. The van der Waals surface area contributed by atoms with Gasteiger partial charge in [0, 0.05) is 31.6 Å². The fraction of sp³-hybridized carbons (Fsp3) is 0.286. The van der Waals surface area contributed by atoms with Crippen molar-refractivity contribution in [3.8, 4) is 11.1 Å². The fourth-order valence-corrected chi connectivity index (χ4v) is 3.48. The summed E-state index contributed by atoms with van der Waals surface area (Å²) in [7, 11) is 0. The van der Waals surface area contributed by atoms with Gasteiger partial charge in [0.15, 0.2) is 0 Å². The van der Waals surface area contributed by atoms with Crippen molar-refractivity contribution in [2.45, 2.75) is 6.92 Å². The summed E-state index contributed by atoms with van der Waals surface area (Å²) in [6, 6.07) is 17.0. The molecule has 1 saturated heterocycles. The molecule has 0 amide bonds. The molecule has 0 spiro atoms. The average molecular weight is 335 g/mol. The second-order valence-corrected chi connectivity index (χ2v) is 6.47. The summed E-state index contributed by atoms with van der Waals surface area (Å²) < 4.78 is 13.3. The molecule has 0 atom stereocenters. The second-order valence-electron chi connectivity index (χ2n) is 6.47. The van der Waals surface area contributed by atoms with Crippen molar-refractivity contribution in [1.82, 2.24) is 9.88 Å². The van der Waals surface area contributed by atoms with Crippen molar-refractivity contribution in [2.75, 3.05) is 37.6 Å². The Labute approximate surface area is 147 Å². The SMILES string of the molecule is CCN1CCN(c2cc(-c3ccc(F)cc3)c3ccccc3n2)CC1. The molecular formula is C21H22FN3. The highest BCUT2D eigenvalue weighted by Gasteiger charge is 2.18. The van der Waals surface area contributed by atoms with E-state index in [1.165, 1.54) is 12.1 Å². The topological polar surface area (TPSA) is 19.4 Å². The molecule has 2 heterocycles. The summed E-state index contributed by atoms with van der Waals surface area (Å²) in [6.07, 6.45) is 0. The van der Waals surface area contributed by atoms with Gasteiger partial charge in [0.25, 0.3) is 0 Å². The van der Waals surface area contributed by atoms with Crippen LogP contribution in [0.5, 0.6) is 0 Å². The van der Waals surface area contributed by atoms with Gasteiger partial charge in [-0.15, -0.1) is 0 Å². The molecule has 0 radical (unpaired) electrons. The highest BCUT2D eigenvalue weighted by atomic mass is 19.1. The van der Waals surface area contributed by atoms with Crippen LogP contribution in [0.4, 0.5) is 10.2 Å². The van der Waals surface area contributed by atoms with Gasteiger partial charge in [0.2, 0.25) is 0 Å². The third-order valence-corrected chi connectivity index (χ3v) is 5.00. The zero-order chi connectivity index (χ0) is 17.2. The number of hydrogen-bond acceptors (Lipinski definition) is 3. The lowest BCUT2D eigenvalue weighted by atomic mass is 10.0. The molecule has 0 unspecified atom stereocenters. The van der Waals surface area contributed by atoms with E-state index in [0.29, 0.717) is 0 Å². The quantitative estimate of drug-likeness (QED) is 0.716. The first-order chi connectivity index (χ1) is 12.2. The number of likely N-dealkylation sites (N-methyl/N-ethyl adjacent to an activating group) is 1. The van der Waals surface area contributed by atoms with Crippen LogP contribution in [-0.2, 0) is 0 Å². The molecule has 1 fully saturated rings. The summed E-state index contributed by atoms with van der Waals surface area (Å²) in [4.78, 5) is 9.70.